The molecule has 0 saturated carbocycles. The highest BCUT2D eigenvalue weighted by Crippen LogP contribution is 2.26. The van der Waals surface area contributed by atoms with Gasteiger partial charge in [-0.15, -0.1) is 0 Å². The summed E-state index contributed by atoms with van der Waals surface area (Å²) in [7, 11) is 1.59. The van der Waals surface area contributed by atoms with Crippen molar-refractivity contribution in [3.63, 3.8) is 0 Å². The van der Waals surface area contributed by atoms with Crippen molar-refractivity contribution in [1.82, 2.24) is 10.2 Å². The molecule has 1 aliphatic rings. The third kappa shape index (κ3) is 2.35. The van der Waals surface area contributed by atoms with Crippen LogP contribution in [0.3, 0.4) is 0 Å². The van der Waals surface area contributed by atoms with E-state index in [0.29, 0.717) is 18.6 Å². The number of ether oxygens (including phenoxy) is 1. The van der Waals surface area contributed by atoms with Crippen LogP contribution < -0.4 is 10.1 Å². The average molecular weight is 276 g/mol. The number of nitrogens with one attached hydrogen (secondary N) is 1. The molecular formula is C15H20N2O3. The predicted octanol–water partition coefficient (Wildman–Crippen LogP) is 2.31. The van der Waals surface area contributed by atoms with Crippen LogP contribution in [0.4, 0.5) is 4.79 Å². The number of rotatable bonds is 5. The number of imide groups is 1. The lowest BCUT2D eigenvalue weighted by atomic mass is 9.93. The van der Waals surface area contributed by atoms with Gasteiger partial charge in [-0.2, -0.15) is 0 Å². The van der Waals surface area contributed by atoms with Crippen LogP contribution in [-0.4, -0.2) is 29.5 Å². The van der Waals surface area contributed by atoms with Gasteiger partial charge in [0.05, 0.1) is 13.7 Å². The minimum absolute atomic E-state index is 0.143. The Morgan fingerprint density at radius 3 is 2.50 bits per heavy atom. The number of benzene rings is 1. The molecule has 1 saturated heterocycles. The molecule has 1 aliphatic heterocycles. The second kappa shape index (κ2) is 5.53. The number of hydrogen-bond donors (Lipinski definition) is 1. The Labute approximate surface area is 118 Å². The number of nitrogens with zero attached hydrogens (tertiary/aromatic N) is 1. The lowest BCUT2D eigenvalue weighted by molar-refractivity contribution is -0.132. The van der Waals surface area contributed by atoms with Gasteiger partial charge in [-0.3, -0.25) is 9.69 Å². The van der Waals surface area contributed by atoms with Crippen molar-refractivity contribution in [1.29, 1.82) is 0 Å². The first kappa shape index (κ1) is 14.4. The van der Waals surface area contributed by atoms with Crippen molar-refractivity contribution in [2.24, 2.45) is 0 Å². The Balaban J connectivity index is 2.21. The van der Waals surface area contributed by atoms with E-state index in [4.69, 9.17) is 4.74 Å². The Morgan fingerprint density at radius 2 is 1.95 bits per heavy atom. The van der Waals surface area contributed by atoms with Gasteiger partial charge in [0.2, 0.25) is 0 Å². The molecule has 1 aromatic rings. The molecule has 0 atom stereocenters. The molecule has 5 nitrogen and oxygen atoms in total. The van der Waals surface area contributed by atoms with Gasteiger partial charge in [-0.05, 0) is 30.5 Å². The van der Waals surface area contributed by atoms with E-state index < -0.39 is 5.54 Å². The quantitative estimate of drug-likeness (QED) is 0.840. The normalized spacial score (nSPS) is 17.2. The molecule has 1 heterocycles. The van der Waals surface area contributed by atoms with Gasteiger partial charge in [0, 0.05) is 0 Å². The summed E-state index contributed by atoms with van der Waals surface area (Å²) >= 11 is 0. The fraction of sp³-hybridized carbons (Fsp3) is 0.467. The third-order valence-corrected chi connectivity index (χ3v) is 3.93. The predicted molar refractivity (Wildman–Crippen MR) is 75.4 cm³/mol. The van der Waals surface area contributed by atoms with E-state index in [1.807, 2.05) is 38.1 Å². The maximum absolute atomic E-state index is 12.5. The first-order chi connectivity index (χ1) is 9.56. The highest BCUT2D eigenvalue weighted by molar-refractivity contribution is 6.06. The zero-order valence-electron chi connectivity index (χ0n) is 12.1. The second-order valence-corrected chi connectivity index (χ2v) is 4.96. The van der Waals surface area contributed by atoms with E-state index in [1.54, 1.807) is 7.11 Å². The van der Waals surface area contributed by atoms with Gasteiger partial charge in [-0.25, -0.2) is 4.79 Å². The van der Waals surface area contributed by atoms with E-state index in [2.05, 4.69) is 5.32 Å². The third-order valence-electron chi connectivity index (χ3n) is 3.93. The van der Waals surface area contributed by atoms with Gasteiger partial charge in [0.15, 0.2) is 0 Å². The fourth-order valence-corrected chi connectivity index (χ4v) is 2.50. The maximum Gasteiger partial charge on any atom is 0.325 e. The van der Waals surface area contributed by atoms with Gasteiger partial charge < -0.3 is 10.1 Å². The first-order valence-corrected chi connectivity index (χ1v) is 6.83. The molecule has 20 heavy (non-hydrogen) atoms. The molecule has 0 spiro atoms. The Kier molecular flexibility index (Phi) is 3.97. The van der Waals surface area contributed by atoms with Crippen LogP contribution in [0, 0.1) is 0 Å². The summed E-state index contributed by atoms with van der Waals surface area (Å²) in [6.45, 7) is 4.09. The minimum Gasteiger partial charge on any atom is -0.497 e. The SMILES string of the molecule is CCC1(CC)NC(=O)N(Cc2cccc(OC)c2)C1=O. The maximum atomic E-state index is 12.5. The van der Waals surface area contributed by atoms with E-state index >= 15 is 0 Å². The lowest BCUT2D eigenvalue weighted by Crippen LogP contribution is -2.45. The van der Waals surface area contributed by atoms with Gasteiger partial charge in [-0.1, -0.05) is 26.0 Å². The van der Waals surface area contributed by atoms with Crippen molar-refractivity contribution in [2.45, 2.75) is 38.8 Å². The molecule has 5 heteroatoms. The number of carbonyl (C=O) groups excluding carboxylic acids is 2. The zero-order chi connectivity index (χ0) is 14.8. The topological polar surface area (TPSA) is 58.6 Å². The Morgan fingerprint density at radius 1 is 1.25 bits per heavy atom. The van der Waals surface area contributed by atoms with Crippen LogP contribution in [0.15, 0.2) is 24.3 Å². The molecule has 0 unspecified atom stereocenters. The summed E-state index contributed by atoms with van der Waals surface area (Å²) in [4.78, 5) is 25.8. The van der Waals surface area contributed by atoms with E-state index in [9.17, 15) is 9.59 Å². The molecule has 0 radical (unpaired) electrons. The number of carbonyl (C=O) groups is 2. The number of methoxy groups -OCH3 is 1. The lowest BCUT2D eigenvalue weighted by Gasteiger charge is -2.23. The molecule has 0 aromatic heterocycles. The molecule has 1 fully saturated rings. The molecule has 2 rings (SSSR count). The van der Waals surface area contributed by atoms with Crippen molar-refractivity contribution in [3.05, 3.63) is 29.8 Å². The number of amides is 3. The smallest absolute Gasteiger partial charge is 0.325 e. The van der Waals surface area contributed by atoms with Crippen LogP contribution in [0.5, 0.6) is 5.75 Å². The Bertz CT molecular complexity index is 524. The van der Waals surface area contributed by atoms with Gasteiger partial charge in [0.1, 0.15) is 11.3 Å². The summed E-state index contributed by atoms with van der Waals surface area (Å²) < 4.78 is 5.15. The monoisotopic (exact) mass is 276 g/mol. The average Bonchev–Trinajstić information content (AvgIpc) is 2.72. The van der Waals surface area contributed by atoms with Crippen LogP contribution in [0.1, 0.15) is 32.3 Å². The van der Waals surface area contributed by atoms with Crippen LogP contribution in [-0.2, 0) is 11.3 Å². The molecule has 3 amide bonds. The van der Waals surface area contributed by atoms with E-state index in [0.717, 1.165) is 5.56 Å². The van der Waals surface area contributed by atoms with Crippen molar-refractivity contribution in [2.75, 3.05) is 7.11 Å². The molecule has 1 aromatic carbocycles. The van der Waals surface area contributed by atoms with Gasteiger partial charge >= 0.3 is 6.03 Å². The van der Waals surface area contributed by atoms with Crippen LogP contribution in [0.25, 0.3) is 0 Å². The summed E-state index contributed by atoms with van der Waals surface area (Å²) in [5, 5.41) is 2.82. The molecular weight excluding hydrogens is 256 g/mol. The van der Waals surface area contributed by atoms with Gasteiger partial charge in [0.25, 0.3) is 5.91 Å². The van der Waals surface area contributed by atoms with Crippen molar-refractivity contribution in [3.8, 4) is 5.75 Å². The summed E-state index contributed by atoms with van der Waals surface area (Å²) in [6, 6.07) is 7.07. The van der Waals surface area contributed by atoms with E-state index in [-0.39, 0.29) is 18.5 Å². The summed E-state index contributed by atoms with van der Waals surface area (Å²) in [6.07, 6.45) is 1.20. The van der Waals surface area contributed by atoms with Crippen molar-refractivity contribution < 1.29 is 14.3 Å². The van der Waals surface area contributed by atoms with E-state index in [1.165, 1.54) is 4.90 Å². The molecule has 108 valence electrons. The Hall–Kier alpha value is -2.04. The second-order valence-electron chi connectivity index (χ2n) is 4.96. The zero-order valence-corrected chi connectivity index (χ0v) is 12.1. The van der Waals surface area contributed by atoms with Crippen LogP contribution in [0.2, 0.25) is 0 Å². The van der Waals surface area contributed by atoms with Crippen molar-refractivity contribution >= 4 is 11.9 Å². The number of hydrogen-bond acceptors (Lipinski definition) is 3. The molecule has 1 N–H and O–H groups in total. The number of urea groups is 1. The molecule has 0 aliphatic carbocycles. The minimum atomic E-state index is -0.740. The summed E-state index contributed by atoms with van der Waals surface area (Å²) in [5.74, 6) is 0.571. The van der Waals surface area contributed by atoms with Crippen LogP contribution >= 0.6 is 0 Å². The fourth-order valence-electron chi connectivity index (χ4n) is 2.50. The standard InChI is InChI=1S/C15H20N2O3/c1-4-15(5-2)13(18)17(14(19)16-15)10-11-7-6-8-12(9-11)20-3/h6-9H,4-5,10H2,1-3H3,(H,16,19). The molecule has 0 bridgehead atoms. The first-order valence-electron chi connectivity index (χ1n) is 6.83. The summed E-state index contributed by atoms with van der Waals surface area (Å²) in [5.41, 5.74) is 0.131. The highest BCUT2D eigenvalue weighted by atomic mass is 16.5. The highest BCUT2D eigenvalue weighted by Gasteiger charge is 2.48. The largest absolute Gasteiger partial charge is 0.497 e.